The standard InChI is InChI=1S/C8H13BrO2/c9-7-5-3-1-2-4-6-8(10)11/h4,6H,1-3,5,7H2,(H,10,11). The molecule has 0 aromatic carbocycles. The molecular formula is C8H13BrO2. The summed E-state index contributed by atoms with van der Waals surface area (Å²) in [6, 6.07) is 0. The van der Waals surface area contributed by atoms with Crippen LogP contribution in [0.25, 0.3) is 0 Å². The summed E-state index contributed by atoms with van der Waals surface area (Å²) in [6.45, 7) is 0. The second-order valence-electron chi connectivity index (χ2n) is 2.28. The molecule has 0 bridgehead atoms. The van der Waals surface area contributed by atoms with Gasteiger partial charge in [-0.1, -0.05) is 28.4 Å². The molecule has 0 aromatic rings. The molecule has 0 aliphatic carbocycles. The van der Waals surface area contributed by atoms with Gasteiger partial charge < -0.3 is 5.11 Å². The van der Waals surface area contributed by atoms with Crippen LogP contribution in [0.5, 0.6) is 0 Å². The first-order valence-electron chi connectivity index (χ1n) is 3.73. The van der Waals surface area contributed by atoms with Gasteiger partial charge in [-0.15, -0.1) is 0 Å². The lowest BCUT2D eigenvalue weighted by Gasteiger charge is -1.92. The van der Waals surface area contributed by atoms with Crippen molar-refractivity contribution in [3.63, 3.8) is 0 Å². The van der Waals surface area contributed by atoms with Gasteiger partial charge in [0.2, 0.25) is 0 Å². The van der Waals surface area contributed by atoms with Gasteiger partial charge in [0, 0.05) is 11.4 Å². The molecule has 0 aliphatic heterocycles. The number of carboxylic acid groups (broad SMARTS) is 1. The van der Waals surface area contributed by atoms with E-state index in [0.717, 1.165) is 24.6 Å². The van der Waals surface area contributed by atoms with E-state index in [1.807, 2.05) is 0 Å². The van der Waals surface area contributed by atoms with Gasteiger partial charge in [-0.3, -0.25) is 0 Å². The van der Waals surface area contributed by atoms with Gasteiger partial charge in [-0.2, -0.15) is 0 Å². The second kappa shape index (κ2) is 7.79. The van der Waals surface area contributed by atoms with E-state index in [9.17, 15) is 4.79 Å². The van der Waals surface area contributed by atoms with Crippen molar-refractivity contribution in [2.75, 3.05) is 5.33 Å². The number of carboxylic acids is 1. The third kappa shape index (κ3) is 9.69. The number of aliphatic carboxylic acids is 1. The van der Waals surface area contributed by atoms with E-state index in [4.69, 9.17) is 5.11 Å². The summed E-state index contributed by atoms with van der Waals surface area (Å²) in [6.07, 6.45) is 7.19. The molecule has 0 saturated heterocycles. The zero-order chi connectivity index (χ0) is 8.53. The number of hydrogen-bond acceptors (Lipinski definition) is 1. The monoisotopic (exact) mass is 220 g/mol. The molecule has 0 heterocycles. The van der Waals surface area contributed by atoms with Crippen LogP contribution in [-0.2, 0) is 4.79 Å². The minimum Gasteiger partial charge on any atom is -0.478 e. The predicted molar refractivity (Wildman–Crippen MR) is 49.0 cm³/mol. The Labute approximate surface area is 75.4 Å². The van der Waals surface area contributed by atoms with Gasteiger partial charge in [-0.25, -0.2) is 4.79 Å². The molecule has 0 amide bonds. The summed E-state index contributed by atoms with van der Waals surface area (Å²) >= 11 is 3.33. The van der Waals surface area contributed by atoms with Crippen molar-refractivity contribution in [3.8, 4) is 0 Å². The fourth-order valence-electron chi connectivity index (χ4n) is 0.718. The van der Waals surface area contributed by atoms with Crippen LogP contribution in [0.4, 0.5) is 0 Å². The third-order valence-electron chi connectivity index (χ3n) is 1.26. The Morgan fingerprint density at radius 2 is 2.09 bits per heavy atom. The van der Waals surface area contributed by atoms with Gasteiger partial charge in [0.25, 0.3) is 0 Å². The van der Waals surface area contributed by atoms with Crippen LogP contribution in [0, 0.1) is 0 Å². The number of allylic oxidation sites excluding steroid dienone is 1. The lowest BCUT2D eigenvalue weighted by atomic mass is 10.2. The molecule has 1 N–H and O–H groups in total. The Morgan fingerprint density at radius 3 is 2.64 bits per heavy atom. The van der Waals surface area contributed by atoms with Crippen molar-refractivity contribution in [1.82, 2.24) is 0 Å². The first-order valence-corrected chi connectivity index (χ1v) is 4.85. The van der Waals surface area contributed by atoms with Crippen LogP contribution in [0.3, 0.4) is 0 Å². The lowest BCUT2D eigenvalue weighted by Crippen LogP contribution is -1.85. The summed E-state index contributed by atoms with van der Waals surface area (Å²) in [4.78, 5) is 9.99. The van der Waals surface area contributed by atoms with E-state index in [1.54, 1.807) is 6.08 Å². The Balaban J connectivity index is 3.07. The maximum Gasteiger partial charge on any atom is 0.327 e. The highest BCUT2D eigenvalue weighted by Crippen LogP contribution is 2.02. The molecule has 11 heavy (non-hydrogen) atoms. The first-order chi connectivity index (χ1) is 5.27. The highest BCUT2D eigenvalue weighted by atomic mass is 79.9. The van der Waals surface area contributed by atoms with Gasteiger partial charge in [-0.05, 0) is 19.3 Å². The molecule has 64 valence electrons. The highest BCUT2D eigenvalue weighted by molar-refractivity contribution is 9.09. The maximum atomic E-state index is 9.99. The largest absolute Gasteiger partial charge is 0.478 e. The fourth-order valence-corrected chi connectivity index (χ4v) is 1.11. The van der Waals surface area contributed by atoms with Crippen LogP contribution in [0.2, 0.25) is 0 Å². The smallest absolute Gasteiger partial charge is 0.327 e. The van der Waals surface area contributed by atoms with E-state index in [1.165, 1.54) is 12.5 Å². The second-order valence-corrected chi connectivity index (χ2v) is 3.07. The number of carbonyl (C=O) groups is 1. The van der Waals surface area contributed by atoms with E-state index in [0.29, 0.717) is 0 Å². The SMILES string of the molecule is O=C(O)C=CCCCCCBr. The molecule has 3 heteroatoms. The van der Waals surface area contributed by atoms with Crippen LogP contribution < -0.4 is 0 Å². The average molecular weight is 221 g/mol. The molecule has 0 fully saturated rings. The molecule has 0 saturated carbocycles. The summed E-state index contributed by atoms with van der Waals surface area (Å²) in [7, 11) is 0. The van der Waals surface area contributed by atoms with E-state index >= 15 is 0 Å². The number of rotatable bonds is 6. The molecule has 0 spiro atoms. The van der Waals surface area contributed by atoms with Crippen molar-refractivity contribution in [3.05, 3.63) is 12.2 Å². The predicted octanol–water partition coefficient (Wildman–Crippen LogP) is 2.58. The third-order valence-corrected chi connectivity index (χ3v) is 1.83. The maximum absolute atomic E-state index is 9.99. The van der Waals surface area contributed by atoms with Crippen molar-refractivity contribution in [2.45, 2.75) is 25.7 Å². The van der Waals surface area contributed by atoms with Crippen molar-refractivity contribution < 1.29 is 9.90 Å². The van der Waals surface area contributed by atoms with E-state index in [-0.39, 0.29) is 0 Å². The van der Waals surface area contributed by atoms with Gasteiger partial charge >= 0.3 is 5.97 Å². The fraction of sp³-hybridized carbons (Fsp3) is 0.625. The van der Waals surface area contributed by atoms with E-state index in [2.05, 4.69) is 15.9 Å². The molecule has 2 nitrogen and oxygen atoms in total. The zero-order valence-corrected chi connectivity index (χ0v) is 8.01. The summed E-state index contributed by atoms with van der Waals surface area (Å²) in [5.74, 6) is -0.856. The number of unbranched alkanes of at least 4 members (excludes halogenated alkanes) is 3. The van der Waals surface area contributed by atoms with Crippen LogP contribution in [-0.4, -0.2) is 16.4 Å². The Kier molecular flexibility index (Phi) is 7.57. The molecule has 0 radical (unpaired) electrons. The van der Waals surface area contributed by atoms with Gasteiger partial charge in [0.1, 0.15) is 0 Å². The topological polar surface area (TPSA) is 37.3 Å². The quantitative estimate of drug-likeness (QED) is 0.425. The highest BCUT2D eigenvalue weighted by Gasteiger charge is 1.86. The molecular weight excluding hydrogens is 208 g/mol. The zero-order valence-electron chi connectivity index (χ0n) is 6.42. The molecule has 0 aliphatic rings. The van der Waals surface area contributed by atoms with E-state index < -0.39 is 5.97 Å². The Bertz CT molecular complexity index is 132. The van der Waals surface area contributed by atoms with Crippen molar-refractivity contribution in [1.29, 1.82) is 0 Å². The molecule has 0 unspecified atom stereocenters. The summed E-state index contributed by atoms with van der Waals surface area (Å²) in [5, 5.41) is 9.26. The molecule has 0 rings (SSSR count). The van der Waals surface area contributed by atoms with Crippen LogP contribution in [0.1, 0.15) is 25.7 Å². The summed E-state index contributed by atoms with van der Waals surface area (Å²) in [5.41, 5.74) is 0. The number of hydrogen-bond donors (Lipinski definition) is 1. The van der Waals surface area contributed by atoms with Gasteiger partial charge in [0.05, 0.1) is 0 Å². The van der Waals surface area contributed by atoms with Crippen LogP contribution in [0.15, 0.2) is 12.2 Å². The molecule has 0 aromatic heterocycles. The number of alkyl halides is 1. The average Bonchev–Trinajstić information content (AvgIpc) is 1.96. The first kappa shape index (κ1) is 10.7. The minimum atomic E-state index is -0.856. The van der Waals surface area contributed by atoms with Crippen molar-refractivity contribution in [2.24, 2.45) is 0 Å². The van der Waals surface area contributed by atoms with Crippen LogP contribution >= 0.6 is 15.9 Å². The lowest BCUT2D eigenvalue weighted by molar-refractivity contribution is -0.131. The van der Waals surface area contributed by atoms with Crippen molar-refractivity contribution >= 4 is 21.9 Å². The number of halogens is 1. The Morgan fingerprint density at radius 1 is 1.36 bits per heavy atom. The van der Waals surface area contributed by atoms with Gasteiger partial charge in [0.15, 0.2) is 0 Å². The normalized spacial score (nSPS) is 10.6. The molecule has 0 atom stereocenters. The summed E-state index contributed by atoms with van der Waals surface area (Å²) < 4.78 is 0. The Hall–Kier alpha value is -0.310. The minimum absolute atomic E-state index is 0.856.